The van der Waals surface area contributed by atoms with Gasteiger partial charge in [-0.25, -0.2) is 53.0 Å². The van der Waals surface area contributed by atoms with E-state index in [4.69, 9.17) is 32.5 Å². The highest BCUT2D eigenvalue weighted by molar-refractivity contribution is 5.70. The lowest BCUT2D eigenvalue weighted by molar-refractivity contribution is -0.0815. The highest BCUT2D eigenvalue weighted by Gasteiger charge is 2.59. The van der Waals surface area contributed by atoms with Crippen LogP contribution < -0.4 is 28.4 Å². The van der Waals surface area contributed by atoms with E-state index in [2.05, 4.69) is 118 Å². The summed E-state index contributed by atoms with van der Waals surface area (Å²) in [5.74, 6) is 6.06. The smallest absolute Gasteiger partial charge is 0.220 e. The standard InChI is InChI=1S/3C19H19FN2O.C19H20N2O.2C18H18FN3O/c3*20-17-4-2-1-3-16(17)14-9-13-10-19(23-18(13)21-11-14)12-22-7-5-15(19)6-8-22;1-2-4-14(5-3-1)16-10-15-11-19(22-18(15)20-12-16)13-21-8-6-17(19)7-9-21;2*19-16-15(2-1-5-20-16)13-8-12-9-18(23-17(12)21-10-13)11-22-6-3-14(18)4-7-22/h3*1-4,9,11,15H,5-8,10,12H2;1-5,10,12,17H,6-9,11,13H2;2*1-2,5,8,10,14H,3-4,6-7,9,11H2/t4*19-;2*18-/m000000/s1/i1T,2T,4T;2*20-1;;2*19-1. The molecule has 32 heterocycles. The molecule has 0 aliphatic carbocycles. The highest BCUT2D eigenvalue weighted by atomic mass is 19.1. The van der Waals surface area contributed by atoms with E-state index in [1.807, 2.05) is 36.5 Å². The maximum Gasteiger partial charge on any atom is 0.220 e. The minimum absolute atomic E-state index is 0.00114. The Bertz CT molecular complexity index is 6250. The van der Waals surface area contributed by atoms with Crippen LogP contribution in [-0.4, -0.2) is 221 Å². The summed E-state index contributed by atoms with van der Waals surface area (Å²) < 4.78 is 132. The first kappa shape index (κ1) is 83.5. The Hall–Kier alpha value is -11.7. The van der Waals surface area contributed by atoms with Gasteiger partial charge < -0.3 is 28.4 Å². The van der Waals surface area contributed by atoms with Crippen LogP contribution in [0.25, 0.3) is 66.8 Å². The predicted molar refractivity (Wildman–Crippen MR) is 511 cm³/mol. The summed E-state index contributed by atoms with van der Waals surface area (Å²) in [7, 11) is 0. The Morgan fingerprint density at radius 3 is 0.752 bits per heavy atom. The molecule has 24 aliphatic rings. The van der Waals surface area contributed by atoms with E-state index < -0.39 is 29.8 Å². The molecule has 24 aliphatic heterocycles. The van der Waals surface area contributed by atoms with Crippen molar-refractivity contribution in [2.45, 2.75) is 149 Å². The number of pyridine rings is 8. The summed E-state index contributed by atoms with van der Waals surface area (Å²) in [5.41, 5.74) is 14.6. The second-order valence-corrected chi connectivity index (χ2v) is 41.8. The number of ether oxygens (including phenoxy) is 6. The van der Waals surface area contributed by atoms with Crippen molar-refractivity contribution >= 4 is 0 Å². The molecule has 137 heavy (non-hydrogen) atoms. The van der Waals surface area contributed by atoms with Gasteiger partial charge in [0.05, 0.1) is 4.11 Å². The van der Waals surface area contributed by atoms with Gasteiger partial charge in [0.15, 0.2) is 0 Å². The summed E-state index contributed by atoms with van der Waals surface area (Å²) in [6, 6.07) is 43.7. The average molecular weight is 1850 g/mol. The molecule has 12 aromatic rings. The first-order chi connectivity index (χ1) is 68.2. The van der Waals surface area contributed by atoms with Crippen molar-refractivity contribution in [1.29, 1.82) is 0 Å². The van der Waals surface area contributed by atoms with Gasteiger partial charge in [0.1, 0.15) is 51.1 Å². The zero-order valence-electron chi connectivity index (χ0n) is 80.0. The first-order valence-electron chi connectivity index (χ1n) is 51.2. The Labute approximate surface area is 800 Å². The summed E-state index contributed by atoms with van der Waals surface area (Å²) in [6.07, 6.45) is 33.2. The Morgan fingerprint density at radius 1 is 0.248 bits per heavy atom. The van der Waals surface area contributed by atoms with Gasteiger partial charge in [-0.3, -0.25) is 29.4 Å². The van der Waals surface area contributed by atoms with Crippen LogP contribution >= 0.6 is 0 Å². The number of aromatic nitrogens is 8. The monoisotopic (exact) mass is 1850 g/mol. The molecule has 25 heteroatoms. The summed E-state index contributed by atoms with van der Waals surface area (Å²) in [6.45, 7) is 20.3. The molecule has 18 fully saturated rings. The van der Waals surface area contributed by atoms with Crippen LogP contribution in [0.1, 0.15) is 115 Å². The van der Waals surface area contributed by atoms with Gasteiger partial charge in [-0.15, -0.1) is 0 Å². The Kier molecular flexibility index (Phi) is 21.3. The molecule has 4 aromatic carbocycles. The zero-order valence-corrected chi connectivity index (χ0v) is 77.0. The number of halogens is 5. The van der Waals surface area contributed by atoms with Crippen LogP contribution in [0.3, 0.4) is 0 Å². The van der Waals surface area contributed by atoms with Crippen LogP contribution in [0.4, 0.5) is 22.0 Å². The number of rotatable bonds is 6. The van der Waals surface area contributed by atoms with Gasteiger partial charge in [0.2, 0.25) is 47.2 Å². The fourth-order valence-corrected chi connectivity index (χ4v) is 26.9. The molecule has 18 saturated heterocycles. The van der Waals surface area contributed by atoms with E-state index in [-0.39, 0.29) is 56.8 Å². The number of hydrogen-bond acceptors (Lipinski definition) is 20. The summed E-state index contributed by atoms with van der Waals surface area (Å²) >= 11 is 0. The fourth-order valence-electron chi connectivity index (χ4n) is 26.9. The van der Waals surface area contributed by atoms with Gasteiger partial charge in [0.25, 0.3) is 0 Å². The number of hydrogen-bond donors (Lipinski definition) is 0. The SMILES string of the molecule is [18F]c1ccccc1-c1cnc2c(c1)C[C@@]1(CN3CCC1CC3)O2.[18F]c1ccccc1-c1cnc2c(c1)C[C@@]1(CN3CCC1CC3)O2.[18F]c1ncccc1-c1cnc2c(c1)C[C@@]1(CN3CCC1CC3)O2.[18F]c1ncccc1-c1cnc2c(c1)C[C@@]1(CN3CCC1CC3)O2.[3H]c1cc(-c2cnc3c(c2)C[C@@]2(CN4CCC2CC4)O3)c(F)c([3H])c1[3H].c1ccc(-c2cnc3c(c2)C[C@@]2(CN4CCC2CC4)O3)cc1. The van der Waals surface area contributed by atoms with Gasteiger partial charge in [-0.05, 0) is 240 Å². The van der Waals surface area contributed by atoms with E-state index >= 15 is 0 Å². The van der Waals surface area contributed by atoms with Crippen LogP contribution in [0.2, 0.25) is 0 Å². The second-order valence-electron chi connectivity index (χ2n) is 41.8. The lowest BCUT2D eigenvalue weighted by Gasteiger charge is -2.50. The normalized spacial score (nSPS) is 31.6. The van der Waals surface area contributed by atoms with Gasteiger partial charge in [-0.2, -0.15) is 8.78 Å². The molecule has 12 bridgehead atoms. The number of nitrogens with zero attached hydrogens (tertiary/aromatic N) is 14. The third-order valence-electron chi connectivity index (χ3n) is 33.9. The molecule has 0 saturated carbocycles. The molecule has 36 rings (SSSR count). The lowest BCUT2D eigenvalue weighted by atomic mass is 9.73. The molecule has 0 N–H and O–H groups in total. The molecule has 0 radical (unpaired) electrons. The van der Waals surface area contributed by atoms with E-state index in [1.165, 1.54) is 177 Å². The second kappa shape index (κ2) is 35.0. The molecule has 8 aromatic heterocycles. The molecule has 6 spiro atoms. The Morgan fingerprint density at radius 2 is 0.489 bits per heavy atom. The third kappa shape index (κ3) is 16.1. The van der Waals surface area contributed by atoms with Crippen LogP contribution in [0.5, 0.6) is 35.3 Å². The van der Waals surface area contributed by atoms with Crippen LogP contribution in [-0.2, 0) is 38.5 Å². The quantitative estimate of drug-likeness (QED) is 0.113. The molecule has 702 valence electrons. The van der Waals surface area contributed by atoms with Crippen molar-refractivity contribution in [2.24, 2.45) is 35.5 Å². The number of fused-ring (bicyclic) bond motifs is 18. The fraction of sp³-hybridized carbons (Fsp3) is 0.429. The molecule has 0 unspecified atom stereocenters. The van der Waals surface area contributed by atoms with Crippen LogP contribution in [0.15, 0.2) is 213 Å². The van der Waals surface area contributed by atoms with Gasteiger partial charge in [-0.1, -0.05) is 84.9 Å². The molecule has 6 atom stereocenters. The third-order valence-corrected chi connectivity index (χ3v) is 33.9. The molecule has 20 nitrogen and oxygen atoms in total. The maximum absolute atomic E-state index is 14.5. The highest BCUT2D eigenvalue weighted by Crippen LogP contribution is 2.55. The van der Waals surface area contributed by atoms with E-state index in [0.29, 0.717) is 69.2 Å². The molecular weight excluding hydrogens is 1730 g/mol. The average Bonchev–Trinajstić information content (AvgIpc) is 1.60. The van der Waals surface area contributed by atoms with Crippen molar-refractivity contribution in [3.05, 3.63) is 276 Å². The molecule has 0 amide bonds. The van der Waals surface area contributed by atoms with Crippen molar-refractivity contribution in [2.75, 3.05) is 118 Å². The summed E-state index contributed by atoms with van der Waals surface area (Å²) in [4.78, 5) is 49.5. The lowest BCUT2D eigenvalue weighted by Crippen LogP contribution is -2.61. The van der Waals surface area contributed by atoms with Crippen LogP contribution in [0, 0.1) is 64.9 Å². The number of benzene rings is 4. The topological polar surface area (TPSA) is 178 Å². The first-order valence-corrected chi connectivity index (χ1v) is 49.7. The van der Waals surface area contributed by atoms with Crippen molar-refractivity contribution in [3.8, 4) is 102 Å². The largest absolute Gasteiger partial charge is 0.469 e. The minimum Gasteiger partial charge on any atom is -0.469 e. The van der Waals surface area contributed by atoms with Crippen molar-refractivity contribution < 1.29 is 54.5 Å². The van der Waals surface area contributed by atoms with Crippen molar-refractivity contribution in [1.82, 2.24) is 69.3 Å². The Balaban J connectivity index is 0.0000000887. The minimum atomic E-state index is -0.774. The summed E-state index contributed by atoms with van der Waals surface area (Å²) in [5, 5.41) is 0. The number of piperidine rings is 18. The predicted octanol–water partition coefficient (Wildman–Crippen LogP) is 18.4. The van der Waals surface area contributed by atoms with E-state index in [9.17, 15) is 22.0 Å². The zero-order chi connectivity index (χ0) is 94.4. The van der Waals surface area contributed by atoms with E-state index in [1.54, 1.807) is 79.5 Å². The van der Waals surface area contributed by atoms with E-state index in [0.717, 1.165) is 183 Å². The molecular formula is C112H113F5N14O6. The maximum atomic E-state index is 14.5. The van der Waals surface area contributed by atoms with Gasteiger partial charge in [0, 0.05) is 257 Å². The van der Waals surface area contributed by atoms with Crippen molar-refractivity contribution in [3.63, 3.8) is 0 Å². The van der Waals surface area contributed by atoms with Gasteiger partial charge >= 0.3 is 0 Å².